The monoisotopic (exact) mass is 296 g/mol. The Morgan fingerprint density at radius 1 is 0.909 bits per heavy atom. The molecule has 1 aromatic rings. The van der Waals surface area contributed by atoms with Crippen molar-refractivity contribution in [2.24, 2.45) is 5.92 Å². The van der Waals surface area contributed by atoms with Gasteiger partial charge in [-0.2, -0.15) is 0 Å². The summed E-state index contributed by atoms with van der Waals surface area (Å²) in [4.78, 5) is 12.0. The Labute approximate surface area is 134 Å². The fourth-order valence-corrected chi connectivity index (χ4v) is 5.21. The van der Waals surface area contributed by atoms with Gasteiger partial charge in [0.15, 0.2) is 0 Å². The Bertz CT molecular complexity index is 679. The highest BCUT2D eigenvalue weighted by Gasteiger charge is 2.63. The van der Waals surface area contributed by atoms with E-state index in [9.17, 15) is 4.79 Å². The zero-order valence-corrected chi connectivity index (χ0v) is 14.7. The number of ketones is 1. The van der Waals surface area contributed by atoms with Crippen molar-refractivity contribution in [3.05, 3.63) is 34.4 Å². The van der Waals surface area contributed by atoms with E-state index in [2.05, 4.69) is 46.8 Å². The minimum absolute atomic E-state index is 0.216. The van der Waals surface area contributed by atoms with E-state index >= 15 is 0 Å². The molecule has 1 heteroatoms. The van der Waals surface area contributed by atoms with Crippen LogP contribution in [0.5, 0.6) is 0 Å². The minimum atomic E-state index is 0.216. The number of Topliss-reactive ketones (excluding diaryl/α,β-unsaturated/α-hetero) is 1. The van der Waals surface area contributed by atoms with Gasteiger partial charge in [-0.25, -0.2) is 0 Å². The van der Waals surface area contributed by atoms with Crippen molar-refractivity contribution in [3.8, 4) is 0 Å². The third-order valence-corrected chi connectivity index (χ3v) is 7.02. The molecular weight excluding hydrogens is 268 g/mol. The van der Waals surface area contributed by atoms with E-state index in [0.29, 0.717) is 11.7 Å². The lowest BCUT2D eigenvalue weighted by Gasteiger charge is -2.42. The summed E-state index contributed by atoms with van der Waals surface area (Å²) in [6.45, 7) is 11.8. The van der Waals surface area contributed by atoms with Crippen LogP contribution in [0.1, 0.15) is 82.1 Å². The summed E-state index contributed by atoms with van der Waals surface area (Å²) in [6.07, 6.45) is 5.51. The average molecular weight is 296 g/mol. The molecule has 0 heterocycles. The number of hydrogen-bond donors (Lipinski definition) is 0. The van der Waals surface area contributed by atoms with Crippen LogP contribution in [0.4, 0.5) is 0 Å². The van der Waals surface area contributed by atoms with Crippen molar-refractivity contribution in [2.45, 2.75) is 83.0 Å². The van der Waals surface area contributed by atoms with Crippen molar-refractivity contribution in [2.75, 3.05) is 0 Å². The van der Waals surface area contributed by atoms with Crippen LogP contribution >= 0.6 is 0 Å². The van der Waals surface area contributed by atoms with E-state index in [0.717, 1.165) is 19.3 Å². The smallest absolute Gasteiger partial charge is 0.136 e. The second kappa shape index (κ2) is 4.04. The average Bonchev–Trinajstić information content (AvgIpc) is 3.09. The van der Waals surface area contributed by atoms with Crippen LogP contribution in [0.2, 0.25) is 0 Å². The van der Waals surface area contributed by atoms with Crippen LogP contribution in [0, 0.1) is 12.8 Å². The molecule has 22 heavy (non-hydrogen) atoms. The molecule has 4 rings (SSSR count). The standard InChI is InChI=1S/C21H28O/c1-13-10-15-16(20(4,5)9-8-19(15,2)3)11-14(13)21-7-6-18(22)17(21)12-21/h10-11,17H,6-9,12H2,1-5H3. The van der Waals surface area contributed by atoms with Gasteiger partial charge in [-0.15, -0.1) is 0 Å². The number of hydrogen-bond acceptors (Lipinski definition) is 1. The first kappa shape index (κ1) is 14.5. The quantitative estimate of drug-likeness (QED) is 0.715. The Kier molecular flexibility index (Phi) is 2.66. The number of fused-ring (bicyclic) bond motifs is 2. The van der Waals surface area contributed by atoms with Crippen LogP contribution in [-0.2, 0) is 21.0 Å². The lowest BCUT2D eigenvalue weighted by atomic mass is 9.62. The Balaban J connectivity index is 1.89. The predicted octanol–water partition coefficient (Wildman–Crippen LogP) is 4.96. The van der Waals surface area contributed by atoms with Gasteiger partial charge < -0.3 is 0 Å². The molecule has 2 unspecified atom stereocenters. The van der Waals surface area contributed by atoms with Crippen molar-refractivity contribution in [3.63, 3.8) is 0 Å². The van der Waals surface area contributed by atoms with Crippen LogP contribution in [0.15, 0.2) is 12.1 Å². The topological polar surface area (TPSA) is 17.1 Å². The third-order valence-electron chi connectivity index (χ3n) is 7.02. The first-order chi connectivity index (χ1) is 10.2. The van der Waals surface area contributed by atoms with Crippen molar-refractivity contribution >= 4 is 5.78 Å². The van der Waals surface area contributed by atoms with Gasteiger partial charge in [0.2, 0.25) is 0 Å². The molecule has 0 amide bonds. The molecule has 2 saturated carbocycles. The van der Waals surface area contributed by atoms with Crippen LogP contribution < -0.4 is 0 Å². The van der Waals surface area contributed by atoms with Gasteiger partial charge in [-0.1, -0.05) is 39.8 Å². The predicted molar refractivity (Wildman–Crippen MR) is 90.5 cm³/mol. The van der Waals surface area contributed by atoms with Crippen LogP contribution in [0.25, 0.3) is 0 Å². The second-order valence-corrected chi connectivity index (χ2v) is 9.36. The fourth-order valence-electron chi connectivity index (χ4n) is 5.21. The van der Waals surface area contributed by atoms with Crippen molar-refractivity contribution in [1.82, 2.24) is 0 Å². The van der Waals surface area contributed by atoms with Gasteiger partial charge >= 0.3 is 0 Å². The summed E-state index contributed by atoms with van der Waals surface area (Å²) in [5.74, 6) is 0.848. The molecule has 3 aliphatic rings. The Hall–Kier alpha value is -1.11. The summed E-state index contributed by atoms with van der Waals surface area (Å²) in [7, 11) is 0. The number of carbonyl (C=O) groups excluding carboxylic acids is 1. The lowest BCUT2D eigenvalue weighted by Crippen LogP contribution is -2.34. The minimum Gasteiger partial charge on any atom is -0.299 e. The number of carbonyl (C=O) groups is 1. The number of rotatable bonds is 1. The molecule has 2 atom stereocenters. The first-order valence-electron chi connectivity index (χ1n) is 8.86. The molecule has 0 aliphatic heterocycles. The summed E-state index contributed by atoms with van der Waals surface area (Å²) >= 11 is 0. The SMILES string of the molecule is Cc1cc2c(cc1C13CCC(=O)C1C3)C(C)(C)CCC2(C)C. The maximum Gasteiger partial charge on any atom is 0.136 e. The highest BCUT2D eigenvalue weighted by atomic mass is 16.1. The summed E-state index contributed by atoms with van der Waals surface area (Å²) in [6, 6.07) is 4.96. The van der Waals surface area contributed by atoms with E-state index in [4.69, 9.17) is 0 Å². The van der Waals surface area contributed by atoms with Gasteiger partial charge in [0.1, 0.15) is 5.78 Å². The molecule has 0 bridgehead atoms. The summed E-state index contributed by atoms with van der Waals surface area (Å²) < 4.78 is 0. The van der Waals surface area contributed by atoms with Crippen molar-refractivity contribution in [1.29, 1.82) is 0 Å². The van der Waals surface area contributed by atoms with Crippen LogP contribution in [0.3, 0.4) is 0 Å². The lowest BCUT2D eigenvalue weighted by molar-refractivity contribution is -0.119. The normalized spacial score (nSPS) is 34.2. The maximum absolute atomic E-state index is 12.0. The van der Waals surface area contributed by atoms with E-state index in [1.165, 1.54) is 24.0 Å². The Morgan fingerprint density at radius 2 is 1.50 bits per heavy atom. The third kappa shape index (κ3) is 1.74. The molecular formula is C21H28O. The van der Waals surface area contributed by atoms with Crippen molar-refractivity contribution < 1.29 is 4.79 Å². The van der Waals surface area contributed by atoms with Crippen LogP contribution in [-0.4, -0.2) is 5.78 Å². The molecule has 1 nitrogen and oxygen atoms in total. The molecule has 0 radical (unpaired) electrons. The molecule has 0 N–H and O–H groups in total. The highest BCUT2D eigenvalue weighted by Crippen LogP contribution is 2.64. The molecule has 0 spiro atoms. The highest BCUT2D eigenvalue weighted by molar-refractivity contribution is 5.90. The largest absolute Gasteiger partial charge is 0.299 e. The Morgan fingerprint density at radius 3 is 2.00 bits per heavy atom. The van der Waals surface area contributed by atoms with E-state index in [1.807, 2.05) is 0 Å². The fraction of sp³-hybridized carbons (Fsp3) is 0.667. The summed E-state index contributed by atoms with van der Waals surface area (Å²) in [5, 5.41) is 0. The molecule has 3 aliphatic carbocycles. The van der Waals surface area contributed by atoms with Gasteiger partial charge in [-0.05, 0) is 65.7 Å². The van der Waals surface area contributed by atoms with E-state index in [-0.39, 0.29) is 16.2 Å². The molecule has 0 aromatic heterocycles. The van der Waals surface area contributed by atoms with Gasteiger partial charge in [0, 0.05) is 17.8 Å². The maximum atomic E-state index is 12.0. The number of aryl methyl sites for hydroxylation is 1. The van der Waals surface area contributed by atoms with Gasteiger partial charge in [-0.3, -0.25) is 4.79 Å². The van der Waals surface area contributed by atoms with Gasteiger partial charge in [0.05, 0.1) is 0 Å². The van der Waals surface area contributed by atoms with Gasteiger partial charge in [0.25, 0.3) is 0 Å². The second-order valence-electron chi connectivity index (χ2n) is 9.36. The zero-order valence-electron chi connectivity index (χ0n) is 14.7. The molecule has 2 fully saturated rings. The van der Waals surface area contributed by atoms with E-state index in [1.54, 1.807) is 11.1 Å². The molecule has 118 valence electrons. The molecule has 0 saturated heterocycles. The molecule has 1 aromatic carbocycles. The first-order valence-corrected chi connectivity index (χ1v) is 8.86. The zero-order chi connectivity index (χ0) is 15.9. The van der Waals surface area contributed by atoms with E-state index < -0.39 is 0 Å². The number of benzene rings is 1. The summed E-state index contributed by atoms with van der Waals surface area (Å²) in [5.41, 5.74) is 6.76.